The van der Waals surface area contributed by atoms with Gasteiger partial charge in [0.05, 0.1) is 5.69 Å². The number of nitrogens with one attached hydrogen (secondary N) is 2. The van der Waals surface area contributed by atoms with Crippen molar-refractivity contribution in [2.45, 2.75) is 0 Å². The van der Waals surface area contributed by atoms with Crippen LogP contribution in [0.2, 0.25) is 0 Å². The van der Waals surface area contributed by atoms with Gasteiger partial charge in [0, 0.05) is 37.6 Å². The molecule has 2 heterocycles. The summed E-state index contributed by atoms with van der Waals surface area (Å²) in [5.74, 6) is 1.14. The molecule has 0 spiro atoms. The summed E-state index contributed by atoms with van der Waals surface area (Å²) < 4.78 is 11.1. The average molecular weight is 398 g/mol. The SMILES string of the molecule is O=C(Nc1ccc(N2CCN(C(=O)O)CC2)cc1)Nc1cccc2c1OCCO2. The van der Waals surface area contributed by atoms with Crippen LogP contribution in [0, 0.1) is 0 Å². The summed E-state index contributed by atoms with van der Waals surface area (Å²) in [7, 11) is 0. The topological polar surface area (TPSA) is 103 Å². The second-order valence-electron chi connectivity index (χ2n) is 6.71. The number of carbonyl (C=O) groups excluding carboxylic acids is 1. The molecule has 1 fully saturated rings. The highest BCUT2D eigenvalue weighted by atomic mass is 16.6. The van der Waals surface area contributed by atoms with Crippen LogP contribution in [0.3, 0.4) is 0 Å². The van der Waals surface area contributed by atoms with Crippen LogP contribution in [-0.2, 0) is 0 Å². The molecule has 2 aromatic rings. The van der Waals surface area contributed by atoms with Crippen LogP contribution >= 0.6 is 0 Å². The van der Waals surface area contributed by atoms with Crippen LogP contribution in [0.1, 0.15) is 0 Å². The maximum atomic E-state index is 12.4. The molecule has 0 radical (unpaired) electrons. The van der Waals surface area contributed by atoms with Crippen LogP contribution in [-0.4, -0.2) is 61.5 Å². The number of nitrogens with zero attached hydrogens (tertiary/aromatic N) is 2. The van der Waals surface area contributed by atoms with E-state index in [-0.39, 0.29) is 6.03 Å². The zero-order valence-electron chi connectivity index (χ0n) is 15.8. The molecule has 3 N–H and O–H groups in total. The van der Waals surface area contributed by atoms with E-state index >= 15 is 0 Å². The van der Waals surface area contributed by atoms with Crippen molar-refractivity contribution in [3.63, 3.8) is 0 Å². The summed E-state index contributed by atoms with van der Waals surface area (Å²) in [5, 5.41) is 14.6. The number of piperazine rings is 1. The Balaban J connectivity index is 1.35. The molecule has 2 aliphatic heterocycles. The third-order valence-corrected chi connectivity index (χ3v) is 4.85. The molecule has 0 saturated carbocycles. The van der Waals surface area contributed by atoms with Gasteiger partial charge in [-0.25, -0.2) is 9.59 Å². The number of fused-ring (bicyclic) bond motifs is 1. The summed E-state index contributed by atoms with van der Waals surface area (Å²) in [6.07, 6.45) is -0.883. The molecule has 29 heavy (non-hydrogen) atoms. The third kappa shape index (κ3) is 4.29. The summed E-state index contributed by atoms with van der Waals surface area (Å²) in [5.41, 5.74) is 2.19. The number of benzene rings is 2. The molecule has 0 aliphatic carbocycles. The summed E-state index contributed by atoms with van der Waals surface area (Å²) in [6, 6.07) is 12.4. The molecular weight excluding hydrogens is 376 g/mol. The van der Waals surface area contributed by atoms with Crippen LogP contribution < -0.4 is 25.0 Å². The molecule has 2 aromatic carbocycles. The fourth-order valence-corrected chi connectivity index (χ4v) is 3.37. The zero-order chi connectivity index (χ0) is 20.2. The molecule has 1 saturated heterocycles. The van der Waals surface area contributed by atoms with Crippen LogP contribution in [0.25, 0.3) is 0 Å². The minimum atomic E-state index is -0.883. The first-order valence-corrected chi connectivity index (χ1v) is 9.39. The van der Waals surface area contributed by atoms with E-state index < -0.39 is 6.09 Å². The van der Waals surface area contributed by atoms with Crippen molar-refractivity contribution in [2.75, 3.05) is 54.9 Å². The molecule has 3 amide bonds. The molecular formula is C20H22N4O5. The molecule has 0 atom stereocenters. The number of para-hydroxylation sites is 1. The van der Waals surface area contributed by atoms with Gasteiger partial charge in [0.15, 0.2) is 11.5 Å². The Morgan fingerprint density at radius 3 is 2.34 bits per heavy atom. The van der Waals surface area contributed by atoms with Gasteiger partial charge >= 0.3 is 12.1 Å². The lowest BCUT2D eigenvalue weighted by molar-refractivity contribution is 0.142. The van der Waals surface area contributed by atoms with Crippen molar-refractivity contribution in [1.82, 2.24) is 4.90 Å². The summed E-state index contributed by atoms with van der Waals surface area (Å²) in [6.45, 7) is 3.16. The Kier molecular flexibility index (Phi) is 5.28. The van der Waals surface area contributed by atoms with E-state index in [4.69, 9.17) is 14.6 Å². The Bertz CT molecular complexity index is 894. The number of amides is 3. The van der Waals surface area contributed by atoms with Gasteiger partial charge in [-0.2, -0.15) is 0 Å². The van der Waals surface area contributed by atoms with E-state index in [1.165, 1.54) is 4.90 Å². The monoisotopic (exact) mass is 398 g/mol. The molecule has 0 unspecified atom stereocenters. The van der Waals surface area contributed by atoms with Crippen LogP contribution in [0.15, 0.2) is 42.5 Å². The standard InChI is InChI=1S/C20H22N4O5/c25-19(22-16-2-1-3-17-18(16)29-13-12-28-17)21-14-4-6-15(7-5-14)23-8-10-24(11-9-23)20(26)27/h1-7H,8-13H2,(H,26,27)(H2,21,22,25). The van der Waals surface area contributed by atoms with Crippen molar-refractivity contribution in [2.24, 2.45) is 0 Å². The van der Waals surface area contributed by atoms with Crippen LogP contribution in [0.5, 0.6) is 11.5 Å². The highest BCUT2D eigenvalue weighted by Gasteiger charge is 2.21. The Morgan fingerprint density at radius 1 is 0.897 bits per heavy atom. The first-order chi connectivity index (χ1) is 14.1. The van der Waals surface area contributed by atoms with Crippen molar-refractivity contribution in [3.05, 3.63) is 42.5 Å². The fraction of sp³-hybridized carbons (Fsp3) is 0.300. The normalized spacial score (nSPS) is 15.6. The summed E-state index contributed by atoms with van der Waals surface area (Å²) >= 11 is 0. The van der Waals surface area contributed by atoms with E-state index in [1.54, 1.807) is 18.2 Å². The van der Waals surface area contributed by atoms with Crippen LogP contribution in [0.4, 0.5) is 26.7 Å². The number of anilines is 3. The maximum Gasteiger partial charge on any atom is 0.407 e. The third-order valence-electron chi connectivity index (χ3n) is 4.85. The molecule has 4 rings (SSSR count). The molecule has 152 valence electrons. The number of rotatable bonds is 3. The van der Waals surface area contributed by atoms with Gasteiger partial charge in [-0.1, -0.05) is 6.07 Å². The molecule has 9 heteroatoms. The second kappa shape index (κ2) is 8.17. The highest BCUT2D eigenvalue weighted by molar-refractivity contribution is 6.01. The lowest BCUT2D eigenvalue weighted by Gasteiger charge is -2.34. The molecule has 9 nitrogen and oxygen atoms in total. The highest BCUT2D eigenvalue weighted by Crippen LogP contribution is 2.37. The van der Waals surface area contributed by atoms with Gasteiger partial charge < -0.3 is 35.0 Å². The number of urea groups is 1. The van der Waals surface area contributed by atoms with Crippen molar-refractivity contribution < 1.29 is 24.2 Å². The van der Waals surface area contributed by atoms with Gasteiger partial charge in [-0.05, 0) is 36.4 Å². The first kappa shape index (κ1) is 18.7. The second-order valence-corrected chi connectivity index (χ2v) is 6.71. The largest absolute Gasteiger partial charge is 0.486 e. The lowest BCUT2D eigenvalue weighted by Crippen LogP contribution is -2.48. The Hall–Kier alpha value is -3.62. The predicted octanol–water partition coefficient (Wildman–Crippen LogP) is 2.90. The van der Waals surface area contributed by atoms with E-state index in [1.807, 2.05) is 24.3 Å². The Morgan fingerprint density at radius 2 is 1.62 bits per heavy atom. The molecule has 0 aromatic heterocycles. The van der Waals surface area contributed by atoms with Crippen molar-refractivity contribution in [1.29, 1.82) is 0 Å². The number of carboxylic acid groups (broad SMARTS) is 1. The van der Waals surface area contributed by atoms with E-state index in [0.717, 1.165) is 5.69 Å². The quantitative estimate of drug-likeness (QED) is 0.735. The van der Waals surface area contributed by atoms with E-state index in [9.17, 15) is 9.59 Å². The first-order valence-electron chi connectivity index (χ1n) is 9.39. The minimum absolute atomic E-state index is 0.379. The zero-order valence-corrected chi connectivity index (χ0v) is 15.8. The fourth-order valence-electron chi connectivity index (χ4n) is 3.37. The number of hydrogen-bond acceptors (Lipinski definition) is 5. The number of ether oxygens (including phenoxy) is 2. The number of hydrogen-bond donors (Lipinski definition) is 3. The smallest absolute Gasteiger partial charge is 0.407 e. The van der Waals surface area contributed by atoms with Gasteiger partial charge in [0.2, 0.25) is 0 Å². The minimum Gasteiger partial charge on any atom is -0.486 e. The number of carbonyl (C=O) groups is 2. The molecule has 2 aliphatic rings. The Labute approximate surface area is 167 Å². The average Bonchev–Trinajstić information content (AvgIpc) is 2.74. The van der Waals surface area contributed by atoms with Crippen molar-refractivity contribution >= 4 is 29.2 Å². The van der Waals surface area contributed by atoms with Gasteiger partial charge in [0.25, 0.3) is 0 Å². The van der Waals surface area contributed by atoms with Crippen molar-refractivity contribution in [3.8, 4) is 11.5 Å². The van der Waals surface area contributed by atoms with E-state index in [2.05, 4.69) is 15.5 Å². The summed E-state index contributed by atoms with van der Waals surface area (Å²) in [4.78, 5) is 26.9. The van der Waals surface area contributed by atoms with Gasteiger partial charge in [0.1, 0.15) is 13.2 Å². The lowest BCUT2D eigenvalue weighted by atomic mass is 10.2. The molecule has 0 bridgehead atoms. The maximum absolute atomic E-state index is 12.4. The van der Waals surface area contributed by atoms with Gasteiger partial charge in [-0.3, -0.25) is 0 Å². The van der Waals surface area contributed by atoms with E-state index in [0.29, 0.717) is 62.3 Å². The predicted molar refractivity (Wildman–Crippen MR) is 108 cm³/mol. The van der Waals surface area contributed by atoms with Gasteiger partial charge in [-0.15, -0.1) is 0 Å².